The third kappa shape index (κ3) is 2.80. The highest BCUT2D eigenvalue weighted by atomic mass is 33.7. The molecule has 1 atom stereocenters. The van der Waals surface area contributed by atoms with Gasteiger partial charge in [-0.15, -0.1) is 0 Å². The van der Waals surface area contributed by atoms with E-state index >= 15 is 0 Å². The molecule has 0 radical (unpaired) electrons. The smallest absolute Gasteiger partial charge is 0.0307 e. The first kappa shape index (κ1) is 9.49. The Hall–Kier alpha value is 1.40. The Kier molecular flexibility index (Phi) is 3.68. The molecule has 1 fully saturated rings. The Morgan fingerprint density at radius 3 is 2.20 bits per heavy atom. The molecule has 0 aliphatic carbocycles. The van der Waals surface area contributed by atoms with E-state index in [2.05, 4.69) is 20.8 Å². The van der Waals surface area contributed by atoms with Gasteiger partial charge in [-0.3, -0.25) is 0 Å². The summed E-state index contributed by atoms with van der Waals surface area (Å²) in [5.74, 6) is 1.30. The molecule has 0 nitrogen and oxygen atoms in total. The van der Waals surface area contributed by atoms with Gasteiger partial charge >= 0.3 is 0 Å². The van der Waals surface area contributed by atoms with E-state index in [1.165, 1.54) is 5.75 Å². The van der Waals surface area contributed by atoms with Gasteiger partial charge < -0.3 is 0 Å². The largest absolute Gasteiger partial charge is 0.0805 e. The quantitative estimate of drug-likeness (QED) is 0.554. The Morgan fingerprint density at radius 1 is 1.20 bits per heavy atom. The van der Waals surface area contributed by atoms with Gasteiger partial charge in [-0.25, -0.2) is 0 Å². The summed E-state index contributed by atoms with van der Waals surface area (Å²) in [5, 5.41) is 0.823. The summed E-state index contributed by atoms with van der Waals surface area (Å²) >= 11 is 0. The lowest BCUT2D eigenvalue weighted by Gasteiger charge is -2.31. The molecular weight excluding hydrogens is 200 g/mol. The molecule has 4 heteroatoms. The van der Waals surface area contributed by atoms with Crippen LogP contribution in [0.15, 0.2) is 0 Å². The van der Waals surface area contributed by atoms with Gasteiger partial charge in [0.1, 0.15) is 0 Å². The van der Waals surface area contributed by atoms with Crippen molar-refractivity contribution in [1.29, 1.82) is 0 Å². The molecule has 1 rings (SSSR count). The highest BCUT2D eigenvalue weighted by Gasteiger charge is 2.28. The lowest BCUT2D eigenvalue weighted by atomic mass is 9.93. The average molecular weight is 212 g/mol. The van der Waals surface area contributed by atoms with Crippen LogP contribution >= 0.6 is 41.2 Å². The average Bonchev–Trinajstić information content (AvgIpc) is 1.88. The van der Waals surface area contributed by atoms with E-state index in [1.54, 1.807) is 0 Å². The van der Waals surface area contributed by atoms with E-state index in [-0.39, 0.29) is 0 Å². The maximum Gasteiger partial charge on any atom is 0.0307 e. The zero-order valence-electron chi connectivity index (χ0n) is 6.42. The minimum atomic E-state index is 0.478. The summed E-state index contributed by atoms with van der Waals surface area (Å²) in [6.07, 6.45) is 0. The van der Waals surface area contributed by atoms with E-state index in [1.807, 2.05) is 41.2 Å². The van der Waals surface area contributed by atoms with Gasteiger partial charge in [-0.1, -0.05) is 42.4 Å². The Bertz CT molecular complexity index is 101. The summed E-state index contributed by atoms with van der Waals surface area (Å²) in [4.78, 5) is 0. The van der Waals surface area contributed by atoms with Gasteiger partial charge in [0, 0.05) is 11.0 Å². The van der Waals surface area contributed by atoms with E-state index in [4.69, 9.17) is 0 Å². The lowest BCUT2D eigenvalue weighted by Crippen LogP contribution is -2.25. The van der Waals surface area contributed by atoms with Gasteiger partial charge in [-0.05, 0) is 25.1 Å². The van der Waals surface area contributed by atoms with Crippen LogP contribution in [0.25, 0.3) is 0 Å². The van der Waals surface area contributed by atoms with Crippen molar-refractivity contribution in [2.24, 2.45) is 5.41 Å². The van der Waals surface area contributed by atoms with Gasteiger partial charge in [0.2, 0.25) is 0 Å². The first-order valence-corrected chi connectivity index (χ1v) is 8.27. The van der Waals surface area contributed by atoms with Gasteiger partial charge in [0.15, 0.2) is 0 Å². The molecule has 0 aromatic rings. The second-order valence-corrected chi connectivity index (χ2v) is 9.52. The standard InChI is InChI=1S/C6H12S4/c1-6(2,3)5-4-7-9-10-8-5/h5H,4H2,1-3H3. The van der Waals surface area contributed by atoms with E-state index in [0.717, 1.165) is 5.25 Å². The van der Waals surface area contributed by atoms with Crippen molar-refractivity contribution in [3.63, 3.8) is 0 Å². The summed E-state index contributed by atoms with van der Waals surface area (Å²) in [7, 11) is 7.85. The molecule has 0 aromatic heterocycles. The molecule has 0 spiro atoms. The fourth-order valence-electron chi connectivity index (χ4n) is 0.595. The number of hydrogen-bond donors (Lipinski definition) is 0. The van der Waals surface area contributed by atoms with Crippen molar-refractivity contribution < 1.29 is 0 Å². The first-order valence-electron chi connectivity index (χ1n) is 3.22. The van der Waals surface area contributed by atoms with Crippen LogP contribution in [0, 0.1) is 5.41 Å². The molecule has 0 bridgehead atoms. The third-order valence-corrected chi connectivity index (χ3v) is 8.80. The molecule has 0 N–H and O–H groups in total. The van der Waals surface area contributed by atoms with Crippen LogP contribution in [0.2, 0.25) is 0 Å². The van der Waals surface area contributed by atoms with Crippen LogP contribution in [-0.4, -0.2) is 11.0 Å². The van der Waals surface area contributed by atoms with Crippen LogP contribution < -0.4 is 0 Å². The molecule has 10 heavy (non-hydrogen) atoms. The SMILES string of the molecule is CC(C)(C)C1CSSSS1. The molecule has 0 amide bonds. The van der Waals surface area contributed by atoms with E-state index in [0.29, 0.717) is 5.41 Å². The van der Waals surface area contributed by atoms with Crippen molar-refractivity contribution in [1.82, 2.24) is 0 Å². The maximum absolute atomic E-state index is 2.32. The van der Waals surface area contributed by atoms with Crippen molar-refractivity contribution in [3.05, 3.63) is 0 Å². The summed E-state index contributed by atoms with van der Waals surface area (Å²) in [6.45, 7) is 6.96. The van der Waals surface area contributed by atoms with Gasteiger partial charge in [0.05, 0.1) is 0 Å². The fraction of sp³-hybridized carbons (Fsp3) is 1.00. The summed E-state index contributed by atoms with van der Waals surface area (Å²) in [5.41, 5.74) is 0.478. The lowest BCUT2D eigenvalue weighted by molar-refractivity contribution is 0.416. The molecule has 1 heterocycles. The Labute approximate surface area is 78.3 Å². The van der Waals surface area contributed by atoms with Gasteiger partial charge in [-0.2, -0.15) is 0 Å². The third-order valence-electron chi connectivity index (χ3n) is 1.42. The highest BCUT2D eigenvalue weighted by molar-refractivity contribution is 9.26. The maximum atomic E-state index is 2.32. The Balaban J connectivity index is 2.39. The van der Waals surface area contributed by atoms with Crippen molar-refractivity contribution in [2.75, 3.05) is 5.75 Å². The molecule has 0 saturated carbocycles. The van der Waals surface area contributed by atoms with Crippen LogP contribution in [-0.2, 0) is 0 Å². The molecule has 0 aromatic carbocycles. The fourth-order valence-corrected chi connectivity index (χ4v) is 8.78. The predicted octanol–water partition coefficient (Wildman–Crippen LogP) is 4.09. The van der Waals surface area contributed by atoms with Crippen LogP contribution in [0.4, 0.5) is 0 Å². The van der Waals surface area contributed by atoms with Crippen LogP contribution in [0.5, 0.6) is 0 Å². The monoisotopic (exact) mass is 212 g/mol. The predicted molar refractivity (Wildman–Crippen MR) is 58.5 cm³/mol. The molecular formula is C6H12S4. The van der Waals surface area contributed by atoms with Gasteiger partial charge in [0.25, 0.3) is 0 Å². The molecule has 1 aliphatic heterocycles. The second kappa shape index (κ2) is 3.87. The van der Waals surface area contributed by atoms with E-state index in [9.17, 15) is 0 Å². The highest BCUT2D eigenvalue weighted by Crippen LogP contribution is 2.54. The van der Waals surface area contributed by atoms with Crippen molar-refractivity contribution in [2.45, 2.75) is 26.0 Å². The van der Waals surface area contributed by atoms with Crippen molar-refractivity contribution in [3.8, 4) is 0 Å². The molecule has 1 unspecified atom stereocenters. The first-order chi connectivity index (χ1) is 4.61. The summed E-state index contributed by atoms with van der Waals surface area (Å²) < 4.78 is 0. The zero-order valence-corrected chi connectivity index (χ0v) is 9.68. The second-order valence-electron chi connectivity index (χ2n) is 3.37. The van der Waals surface area contributed by atoms with Crippen LogP contribution in [0.1, 0.15) is 20.8 Å². The topological polar surface area (TPSA) is 0 Å². The minimum absolute atomic E-state index is 0.478. The minimum Gasteiger partial charge on any atom is -0.0805 e. The molecule has 1 saturated heterocycles. The van der Waals surface area contributed by atoms with E-state index < -0.39 is 0 Å². The summed E-state index contributed by atoms with van der Waals surface area (Å²) in [6, 6.07) is 0. The number of rotatable bonds is 0. The molecule has 1 aliphatic rings. The van der Waals surface area contributed by atoms with Crippen LogP contribution in [0.3, 0.4) is 0 Å². The Morgan fingerprint density at radius 2 is 1.90 bits per heavy atom. The number of hydrogen-bond acceptors (Lipinski definition) is 4. The zero-order chi connectivity index (χ0) is 7.61. The van der Waals surface area contributed by atoms with Crippen molar-refractivity contribution >= 4 is 41.2 Å². The molecule has 60 valence electrons. The normalized spacial score (nSPS) is 28.5.